The van der Waals surface area contributed by atoms with E-state index in [9.17, 15) is 19.5 Å². The molecule has 5 heterocycles. The van der Waals surface area contributed by atoms with Crippen LogP contribution in [-0.2, 0) is 23.8 Å². The van der Waals surface area contributed by atoms with Crippen LogP contribution in [0.4, 0.5) is 10.6 Å². The number of aromatic nitrogens is 4. The molecule has 3 fully saturated rings. The molecular formula is C27H29N7O7. The normalized spacial score (nSPS) is 27.4. The van der Waals surface area contributed by atoms with E-state index in [4.69, 9.17) is 14.2 Å². The summed E-state index contributed by atoms with van der Waals surface area (Å²) < 4.78 is 20.3. The average molecular weight is 564 g/mol. The van der Waals surface area contributed by atoms with Gasteiger partial charge in [-0.1, -0.05) is 36.4 Å². The van der Waals surface area contributed by atoms with Gasteiger partial charge in [-0.05, 0) is 31.4 Å². The highest BCUT2D eigenvalue weighted by Gasteiger charge is 2.57. The van der Waals surface area contributed by atoms with Gasteiger partial charge in [0.2, 0.25) is 0 Å². The number of nitrogens with one attached hydrogen (secondary N) is 2. The summed E-state index contributed by atoms with van der Waals surface area (Å²) in [6.07, 6.45) is 2.99. The van der Waals surface area contributed by atoms with E-state index in [1.807, 2.05) is 36.4 Å². The van der Waals surface area contributed by atoms with Crippen molar-refractivity contribution < 1.29 is 33.7 Å². The zero-order chi connectivity index (χ0) is 28.5. The van der Waals surface area contributed by atoms with Gasteiger partial charge in [-0.3, -0.25) is 14.7 Å². The fraction of sp³-hybridized carbons (Fsp3) is 0.407. The molecule has 2 aromatic heterocycles. The first-order valence-corrected chi connectivity index (χ1v) is 13.4. The smallest absolute Gasteiger partial charge is 0.326 e. The quantitative estimate of drug-likeness (QED) is 0.385. The summed E-state index contributed by atoms with van der Waals surface area (Å²) in [4.78, 5) is 51.8. The number of carbonyl (C=O) groups excluding carboxylic acids is 2. The van der Waals surface area contributed by atoms with Crippen LogP contribution in [0.5, 0.6) is 0 Å². The SMILES string of the molecule is CCNC(=O)Nc1ncnc2c1ncn2C1OC(C(=O)N2CCC[C@H]2C(=O)O)C2O[C@H](C=Cc3ccccc3)OC21. The minimum absolute atomic E-state index is 0.204. The van der Waals surface area contributed by atoms with E-state index >= 15 is 0 Å². The predicted octanol–water partition coefficient (Wildman–Crippen LogP) is 1.76. The summed E-state index contributed by atoms with van der Waals surface area (Å²) in [5.41, 5.74) is 1.61. The van der Waals surface area contributed by atoms with Crippen molar-refractivity contribution in [1.29, 1.82) is 0 Å². The van der Waals surface area contributed by atoms with Gasteiger partial charge in [0.15, 0.2) is 35.6 Å². The summed E-state index contributed by atoms with van der Waals surface area (Å²) in [5, 5.41) is 15.0. The van der Waals surface area contributed by atoms with E-state index in [2.05, 4.69) is 25.6 Å². The molecule has 3 aliphatic heterocycles. The van der Waals surface area contributed by atoms with Gasteiger partial charge in [0.1, 0.15) is 24.6 Å². The molecule has 3 aromatic rings. The molecule has 6 atom stereocenters. The van der Waals surface area contributed by atoms with Gasteiger partial charge < -0.3 is 29.5 Å². The number of carboxylic acids is 1. The maximum Gasteiger partial charge on any atom is 0.326 e. The molecule has 0 bridgehead atoms. The fourth-order valence-electron chi connectivity index (χ4n) is 5.43. The van der Waals surface area contributed by atoms with Crippen molar-refractivity contribution in [2.24, 2.45) is 0 Å². The maximum absolute atomic E-state index is 13.7. The van der Waals surface area contributed by atoms with Crippen LogP contribution in [0.15, 0.2) is 49.1 Å². The summed E-state index contributed by atoms with van der Waals surface area (Å²) >= 11 is 0. The number of hydrogen-bond donors (Lipinski definition) is 3. The second-order valence-corrected chi connectivity index (χ2v) is 9.85. The number of urea groups is 1. The van der Waals surface area contributed by atoms with Crippen molar-refractivity contribution in [3.63, 3.8) is 0 Å². The monoisotopic (exact) mass is 563 g/mol. The summed E-state index contributed by atoms with van der Waals surface area (Å²) in [6, 6.07) is 8.26. The average Bonchev–Trinajstić information content (AvgIpc) is 3.76. The Morgan fingerprint density at radius 2 is 1.90 bits per heavy atom. The predicted molar refractivity (Wildman–Crippen MR) is 143 cm³/mol. The number of fused-ring (bicyclic) bond motifs is 2. The van der Waals surface area contributed by atoms with Gasteiger partial charge >= 0.3 is 12.0 Å². The maximum atomic E-state index is 13.7. The molecule has 3 aliphatic rings. The highest BCUT2D eigenvalue weighted by Crippen LogP contribution is 2.42. The Morgan fingerprint density at radius 3 is 2.68 bits per heavy atom. The standard InChI is InChI=1S/C27H29N7O7/c1-2-28-27(38)32-22-18-23(30-13-29-22)34(14-31-18)25-21-19(39-17(40-21)11-10-15-7-4-3-5-8-15)20(41-25)24(35)33-12-6-9-16(33)26(36)37/h3-5,7-8,10-11,13-14,16-17,19-21,25H,2,6,9,12H2,1H3,(H,36,37)(H2,28,29,30,32,38)/t16-,17-,19?,20?,21?,25?/m0/s1. The third-order valence-corrected chi connectivity index (χ3v) is 7.28. The number of aliphatic carboxylic acids is 1. The third kappa shape index (κ3) is 5.12. The lowest BCUT2D eigenvalue weighted by Gasteiger charge is -2.26. The Balaban J connectivity index is 1.31. The minimum atomic E-state index is -1.12. The lowest BCUT2D eigenvalue weighted by atomic mass is 10.1. The molecule has 214 valence electrons. The zero-order valence-electron chi connectivity index (χ0n) is 22.1. The first kappa shape index (κ1) is 26.8. The van der Waals surface area contributed by atoms with Gasteiger partial charge in [0.05, 0.1) is 6.33 Å². The lowest BCUT2D eigenvalue weighted by molar-refractivity contribution is -0.165. The molecule has 3 N–H and O–H groups in total. The first-order valence-electron chi connectivity index (χ1n) is 13.4. The van der Waals surface area contributed by atoms with E-state index in [0.717, 1.165) is 5.56 Å². The van der Waals surface area contributed by atoms with E-state index in [0.29, 0.717) is 37.1 Å². The van der Waals surface area contributed by atoms with Crippen molar-refractivity contribution in [3.05, 3.63) is 54.6 Å². The number of carboxylic acid groups (broad SMARTS) is 1. The molecule has 0 aliphatic carbocycles. The number of imidazole rings is 1. The number of likely N-dealkylation sites (tertiary alicyclic amines) is 1. The summed E-state index contributed by atoms with van der Waals surface area (Å²) in [5.74, 6) is -1.32. The van der Waals surface area contributed by atoms with Crippen LogP contribution < -0.4 is 10.6 Å². The number of hydrogen-bond acceptors (Lipinski definition) is 9. The van der Waals surface area contributed by atoms with Crippen LogP contribution in [0.1, 0.15) is 31.6 Å². The number of amides is 3. The Labute approximate surface area is 234 Å². The molecule has 3 saturated heterocycles. The molecule has 0 radical (unpaired) electrons. The highest BCUT2D eigenvalue weighted by molar-refractivity contribution is 5.95. The van der Waals surface area contributed by atoms with Crippen LogP contribution in [0.3, 0.4) is 0 Å². The van der Waals surface area contributed by atoms with Crippen molar-refractivity contribution >= 4 is 41.0 Å². The molecule has 14 heteroatoms. The van der Waals surface area contributed by atoms with Gasteiger partial charge in [-0.25, -0.2) is 24.5 Å². The molecule has 6 rings (SSSR count). The summed E-state index contributed by atoms with van der Waals surface area (Å²) in [6.45, 7) is 2.54. The lowest BCUT2D eigenvalue weighted by Crippen LogP contribution is -2.49. The van der Waals surface area contributed by atoms with Crippen LogP contribution in [0, 0.1) is 0 Å². The number of carbonyl (C=O) groups is 3. The Hall–Kier alpha value is -4.40. The Kier molecular flexibility index (Phi) is 7.34. The van der Waals surface area contributed by atoms with Crippen molar-refractivity contribution in [3.8, 4) is 0 Å². The van der Waals surface area contributed by atoms with E-state index in [1.54, 1.807) is 17.6 Å². The van der Waals surface area contributed by atoms with E-state index in [-0.39, 0.29) is 5.82 Å². The van der Waals surface area contributed by atoms with Crippen LogP contribution in [-0.4, -0.2) is 91.2 Å². The van der Waals surface area contributed by atoms with Crippen molar-refractivity contribution in [2.75, 3.05) is 18.4 Å². The first-order chi connectivity index (χ1) is 19.9. The molecule has 4 unspecified atom stereocenters. The van der Waals surface area contributed by atoms with Crippen molar-refractivity contribution in [1.82, 2.24) is 29.7 Å². The van der Waals surface area contributed by atoms with E-state index in [1.165, 1.54) is 17.6 Å². The van der Waals surface area contributed by atoms with Gasteiger partial charge in [0.25, 0.3) is 5.91 Å². The fourth-order valence-corrected chi connectivity index (χ4v) is 5.43. The van der Waals surface area contributed by atoms with Crippen molar-refractivity contribution in [2.45, 2.75) is 56.6 Å². The van der Waals surface area contributed by atoms with Crippen LogP contribution in [0.25, 0.3) is 17.2 Å². The molecule has 3 amide bonds. The molecular weight excluding hydrogens is 534 g/mol. The molecule has 0 spiro atoms. The third-order valence-electron chi connectivity index (χ3n) is 7.28. The van der Waals surface area contributed by atoms with Gasteiger partial charge in [-0.15, -0.1) is 0 Å². The molecule has 41 heavy (non-hydrogen) atoms. The minimum Gasteiger partial charge on any atom is -0.480 e. The second kappa shape index (κ2) is 11.2. The second-order valence-electron chi connectivity index (χ2n) is 9.85. The van der Waals surface area contributed by atoms with Crippen LogP contribution in [0.2, 0.25) is 0 Å². The molecule has 0 saturated carbocycles. The summed E-state index contributed by atoms with van der Waals surface area (Å²) in [7, 11) is 0. The number of ether oxygens (including phenoxy) is 3. The number of nitrogens with zero attached hydrogens (tertiary/aromatic N) is 5. The topological polar surface area (TPSA) is 170 Å². The van der Waals surface area contributed by atoms with Crippen LogP contribution >= 0.6 is 0 Å². The number of anilines is 1. The molecule has 14 nitrogen and oxygen atoms in total. The zero-order valence-corrected chi connectivity index (χ0v) is 22.1. The largest absolute Gasteiger partial charge is 0.480 e. The van der Waals surface area contributed by atoms with Gasteiger partial charge in [0, 0.05) is 13.1 Å². The Morgan fingerprint density at radius 1 is 1.10 bits per heavy atom. The Bertz CT molecular complexity index is 1480. The van der Waals surface area contributed by atoms with E-state index < -0.39 is 54.8 Å². The number of benzene rings is 1. The highest BCUT2D eigenvalue weighted by atomic mass is 16.8. The molecule has 1 aromatic carbocycles. The number of rotatable bonds is 7. The van der Waals surface area contributed by atoms with Gasteiger partial charge in [-0.2, -0.15) is 0 Å².